The second-order valence-corrected chi connectivity index (χ2v) is 17.9. The number of hydrogen-bond acceptors (Lipinski definition) is 5. The van der Waals surface area contributed by atoms with Gasteiger partial charge in [-0.15, -0.1) is 0 Å². The molecule has 1 aromatic rings. The molecule has 4 aliphatic carbocycles. The Morgan fingerprint density at radius 1 is 0.958 bits per heavy atom. The fourth-order valence-electron chi connectivity index (χ4n) is 9.72. The van der Waals surface area contributed by atoms with Crippen LogP contribution in [0.25, 0.3) is 0 Å². The van der Waals surface area contributed by atoms with Gasteiger partial charge >= 0.3 is 22.4 Å². The summed E-state index contributed by atoms with van der Waals surface area (Å²) in [5.74, 6) is -4.53. The van der Waals surface area contributed by atoms with E-state index in [1.807, 2.05) is 0 Å². The molecule has 0 bridgehead atoms. The van der Waals surface area contributed by atoms with Gasteiger partial charge in [-0.25, -0.2) is 4.39 Å². The van der Waals surface area contributed by atoms with Crippen LogP contribution in [0.1, 0.15) is 126 Å². The average molecular weight is 730 g/mol. The molecule has 48 heavy (non-hydrogen) atoms. The minimum absolute atomic E-state index is 0.00296. The van der Waals surface area contributed by atoms with Crippen LogP contribution in [0, 0.1) is 28.6 Å². The second kappa shape index (κ2) is 14.3. The molecule has 5 rings (SSSR count). The summed E-state index contributed by atoms with van der Waals surface area (Å²) in [6.07, 6.45) is 2.05. The zero-order valence-electron chi connectivity index (χ0n) is 27.5. The molecule has 0 aromatic heterocycles. The molecule has 0 heterocycles. The van der Waals surface area contributed by atoms with E-state index in [0.29, 0.717) is 24.8 Å². The fourth-order valence-corrected chi connectivity index (χ4v) is 11.3. The molecule has 1 spiro atoms. The molecule has 3 saturated carbocycles. The Hall–Kier alpha value is -1.38. The van der Waals surface area contributed by atoms with E-state index in [1.54, 1.807) is 12.1 Å². The van der Waals surface area contributed by atoms with E-state index >= 15 is 4.39 Å². The molecule has 0 radical (unpaired) electrons. The smallest absolute Gasteiger partial charge is 0.393 e. The maximum atomic E-state index is 16.7. The van der Waals surface area contributed by atoms with Crippen LogP contribution < -0.4 is 9.32 Å². The van der Waals surface area contributed by atoms with Gasteiger partial charge in [0.15, 0.2) is 0 Å². The standard InChI is InChI=1S/C34H49F6NO5S2/c1-31-15-13-24-23-12-11-22(46-48(41,44)45)20-26(23)30(35)25(29(24)27(31)21-28(42)32(31)16-17-32)10-7-5-3-2-4-6-8-18-47(43)19-9-14-33(36,37)34(38,39)40/h11-12,20,24-25,27-30,42H,2-10,13-19,21H2,1H3,(H2,41,44,45)/t24?,25-,27?,28+,29?,30+,31-,47?/m0/s1. The van der Waals surface area contributed by atoms with Crippen molar-refractivity contribution in [2.45, 2.75) is 134 Å². The number of aliphatic hydroxyl groups excluding tert-OH is 1. The molecule has 4 aliphatic rings. The van der Waals surface area contributed by atoms with Crippen LogP contribution in [-0.2, 0) is 21.1 Å². The summed E-state index contributed by atoms with van der Waals surface area (Å²) >= 11 is 0. The molecular formula is C34H49F6NO5S2. The van der Waals surface area contributed by atoms with E-state index in [-0.39, 0.29) is 57.9 Å². The fraction of sp³-hybridized carbons (Fsp3) is 0.824. The number of nitrogens with two attached hydrogens (primary N) is 1. The maximum Gasteiger partial charge on any atom is 0.453 e. The summed E-state index contributed by atoms with van der Waals surface area (Å²) in [5.41, 5.74) is 1.29. The molecule has 0 aliphatic heterocycles. The van der Waals surface area contributed by atoms with Crippen LogP contribution in [0.4, 0.5) is 26.3 Å². The van der Waals surface area contributed by atoms with Crippen molar-refractivity contribution in [1.82, 2.24) is 0 Å². The van der Waals surface area contributed by atoms with Crippen LogP contribution in [0.3, 0.4) is 0 Å². The molecule has 4 unspecified atom stereocenters. The molecule has 6 nitrogen and oxygen atoms in total. The third kappa shape index (κ3) is 7.76. The summed E-state index contributed by atoms with van der Waals surface area (Å²) in [4.78, 5) is 0. The third-order valence-corrected chi connectivity index (χ3v) is 14.2. The Labute approximate surface area is 282 Å². The van der Waals surface area contributed by atoms with Crippen molar-refractivity contribution in [3.63, 3.8) is 0 Å². The van der Waals surface area contributed by atoms with Gasteiger partial charge < -0.3 is 9.29 Å². The Balaban J connectivity index is 1.12. The maximum absolute atomic E-state index is 16.7. The van der Waals surface area contributed by atoms with Gasteiger partial charge in [0.2, 0.25) is 0 Å². The lowest BCUT2D eigenvalue weighted by molar-refractivity contribution is -0.284. The zero-order chi connectivity index (χ0) is 35.1. The number of hydrogen-bond donors (Lipinski definition) is 2. The van der Waals surface area contributed by atoms with Crippen molar-refractivity contribution < 1.29 is 48.3 Å². The third-order valence-electron chi connectivity index (χ3n) is 12.3. The number of rotatable bonds is 16. The molecule has 0 saturated heterocycles. The van der Waals surface area contributed by atoms with Crippen molar-refractivity contribution in [2.24, 2.45) is 33.7 Å². The van der Waals surface area contributed by atoms with Crippen molar-refractivity contribution in [2.75, 3.05) is 11.5 Å². The van der Waals surface area contributed by atoms with Gasteiger partial charge in [-0.2, -0.15) is 35.5 Å². The molecule has 14 heteroatoms. The minimum Gasteiger partial charge on any atom is -0.393 e. The first-order valence-electron chi connectivity index (χ1n) is 17.4. The number of halogens is 6. The van der Waals surface area contributed by atoms with Gasteiger partial charge in [-0.1, -0.05) is 51.5 Å². The van der Waals surface area contributed by atoms with Crippen LogP contribution in [0.15, 0.2) is 18.2 Å². The normalized spacial score (nSPS) is 31.6. The van der Waals surface area contributed by atoms with Gasteiger partial charge in [0.1, 0.15) is 11.9 Å². The number of aliphatic hydroxyl groups is 1. The SMILES string of the molecule is C[C@]12CCC3c4ccc(OS(N)(=O)=O)cc4[C@H](F)[C@@H](CCCCCCCCCS(=O)CCCC(F)(F)C(F)(F)F)C3C1C[C@@H](O)C21CC1. The largest absolute Gasteiger partial charge is 0.453 e. The predicted molar refractivity (Wildman–Crippen MR) is 172 cm³/mol. The molecule has 8 atom stereocenters. The lowest BCUT2D eigenvalue weighted by atomic mass is 9.50. The highest BCUT2D eigenvalue weighted by molar-refractivity contribution is 7.85. The van der Waals surface area contributed by atoms with E-state index in [9.17, 15) is 39.7 Å². The summed E-state index contributed by atoms with van der Waals surface area (Å²) in [7, 11) is -5.69. The van der Waals surface area contributed by atoms with E-state index < -0.39 is 52.2 Å². The van der Waals surface area contributed by atoms with Crippen LogP contribution >= 0.6 is 0 Å². The molecule has 274 valence electrons. The van der Waals surface area contributed by atoms with E-state index in [1.165, 1.54) is 6.07 Å². The molecular weight excluding hydrogens is 680 g/mol. The Morgan fingerprint density at radius 3 is 2.21 bits per heavy atom. The highest BCUT2D eigenvalue weighted by Crippen LogP contribution is 2.77. The number of unbranched alkanes of at least 4 members (excludes halogenated alkanes) is 6. The van der Waals surface area contributed by atoms with Crippen molar-refractivity contribution in [3.05, 3.63) is 29.3 Å². The second-order valence-electron chi connectivity index (χ2n) is 15.0. The van der Waals surface area contributed by atoms with Crippen LogP contribution in [0.5, 0.6) is 5.75 Å². The van der Waals surface area contributed by atoms with Gasteiger partial charge in [0, 0.05) is 34.1 Å². The van der Waals surface area contributed by atoms with Gasteiger partial charge in [-0.3, -0.25) is 4.21 Å². The quantitative estimate of drug-likeness (QED) is 0.131. The van der Waals surface area contributed by atoms with Crippen LogP contribution in [-0.4, -0.2) is 47.4 Å². The summed E-state index contributed by atoms with van der Waals surface area (Å²) < 4.78 is 120. The lowest BCUT2D eigenvalue weighted by Crippen LogP contribution is -2.47. The van der Waals surface area contributed by atoms with Crippen molar-refractivity contribution in [1.29, 1.82) is 0 Å². The first kappa shape index (κ1) is 37.9. The molecule has 3 fully saturated rings. The van der Waals surface area contributed by atoms with Crippen LogP contribution in [0.2, 0.25) is 0 Å². The van der Waals surface area contributed by atoms with Crippen molar-refractivity contribution in [3.8, 4) is 5.75 Å². The highest BCUT2D eigenvalue weighted by atomic mass is 32.2. The summed E-state index contributed by atoms with van der Waals surface area (Å²) in [6, 6.07) is 4.82. The molecule has 3 N–H and O–H groups in total. The number of benzene rings is 1. The first-order chi connectivity index (χ1) is 22.4. The lowest BCUT2D eigenvalue weighted by Gasteiger charge is -2.54. The van der Waals surface area contributed by atoms with E-state index in [2.05, 4.69) is 6.92 Å². The predicted octanol–water partition coefficient (Wildman–Crippen LogP) is 8.42. The van der Waals surface area contributed by atoms with E-state index in [4.69, 9.17) is 9.32 Å². The Bertz CT molecular complexity index is 1420. The Morgan fingerprint density at radius 2 is 1.58 bits per heavy atom. The number of fused-ring (bicyclic) bond motifs is 6. The Kier molecular flexibility index (Phi) is 11.3. The minimum atomic E-state index is -5.58. The summed E-state index contributed by atoms with van der Waals surface area (Å²) in [6.45, 7) is 2.31. The monoisotopic (exact) mass is 729 g/mol. The van der Waals surface area contributed by atoms with E-state index in [0.717, 1.165) is 69.8 Å². The highest BCUT2D eigenvalue weighted by Gasteiger charge is 2.71. The first-order valence-corrected chi connectivity index (χ1v) is 20.3. The molecule has 0 amide bonds. The zero-order valence-corrected chi connectivity index (χ0v) is 29.1. The average Bonchev–Trinajstić information content (AvgIpc) is 3.77. The van der Waals surface area contributed by atoms with Gasteiger partial charge in [-0.05, 0) is 104 Å². The number of alkyl halides is 6. The molecule has 1 aromatic carbocycles. The van der Waals surface area contributed by atoms with Crippen molar-refractivity contribution >= 4 is 21.1 Å². The topological polar surface area (TPSA) is 107 Å². The summed E-state index contributed by atoms with van der Waals surface area (Å²) in [5, 5.41) is 16.3. The van der Waals surface area contributed by atoms with Gasteiger partial charge in [0.05, 0.1) is 6.10 Å². The van der Waals surface area contributed by atoms with Gasteiger partial charge in [0.25, 0.3) is 0 Å².